The Bertz CT molecular complexity index is 368. The fourth-order valence-corrected chi connectivity index (χ4v) is 3.02. The summed E-state index contributed by atoms with van der Waals surface area (Å²) in [6, 6.07) is 1.68. The Morgan fingerprint density at radius 1 is 1.44 bits per heavy atom. The highest BCUT2D eigenvalue weighted by Gasteiger charge is 2.13. The molecule has 4 N–H and O–H groups in total. The SMILES string of the molecule is NC(=O)CCCCC(N)c1cc(Cl)sc1Cl. The van der Waals surface area contributed by atoms with Crippen molar-refractivity contribution in [2.24, 2.45) is 11.5 Å². The summed E-state index contributed by atoms with van der Waals surface area (Å²) in [5.41, 5.74) is 11.9. The molecule has 1 heterocycles. The molecule has 6 heteroatoms. The quantitative estimate of drug-likeness (QED) is 0.787. The predicted molar refractivity (Wildman–Crippen MR) is 68.9 cm³/mol. The van der Waals surface area contributed by atoms with E-state index in [4.69, 9.17) is 34.7 Å². The highest BCUT2D eigenvalue weighted by molar-refractivity contribution is 7.20. The van der Waals surface area contributed by atoms with Gasteiger partial charge in [0.05, 0.1) is 8.67 Å². The van der Waals surface area contributed by atoms with E-state index >= 15 is 0 Å². The fraction of sp³-hybridized carbons (Fsp3) is 0.500. The maximum atomic E-state index is 10.5. The van der Waals surface area contributed by atoms with Crippen LogP contribution < -0.4 is 11.5 Å². The Hall–Kier alpha value is -0.290. The molecule has 0 bridgehead atoms. The van der Waals surface area contributed by atoms with Crippen LogP contribution in [0.25, 0.3) is 0 Å². The normalized spacial score (nSPS) is 12.7. The number of carbonyl (C=O) groups excluding carboxylic acids is 1. The number of hydrogen-bond donors (Lipinski definition) is 2. The number of carbonyl (C=O) groups is 1. The van der Waals surface area contributed by atoms with Crippen LogP contribution >= 0.6 is 34.5 Å². The Morgan fingerprint density at radius 2 is 2.12 bits per heavy atom. The van der Waals surface area contributed by atoms with Crippen LogP contribution in [0, 0.1) is 0 Å². The number of nitrogens with two attached hydrogens (primary N) is 2. The number of halogens is 2. The van der Waals surface area contributed by atoms with Crippen molar-refractivity contribution in [1.82, 2.24) is 0 Å². The zero-order chi connectivity index (χ0) is 12.1. The third-order valence-electron chi connectivity index (χ3n) is 2.27. The molecule has 1 aromatic heterocycles. The van der Waals surface area contributed by atoms with Gasteiger partial charge in [0, 0.05) is 12.5 Å². The molecule has 3 nitrogen and oxygen atoms in total. The van der Waals surface area contributed by atoms with Crippen LogP contribution in [0.15, 0.2) is 6.07 Å². The lowest BCUT2D eigenvalue weighted by molar-refractivity contribution is -0.118. The Balaban J connectivity index is 2.38. The van der Waals surface area contributed by atoms with E-state index in [0.717, 1.165) is 24.8 Å². The fourth-order valence-electron chi connectivity index (χ4n) is 1.42. The van der Waals surface area contributed by atoms with Gasteiger partial charge in [-0.05, 0) is 24.5 Å². The first kappa shape index (κ1) is 13.8. The first-order valence-electron chi connectivity index (χ1n) is 4.99. The van der Waals surface area contributed by atoms with Crippen molar-refractivity contribution in [2.75, 3.05) is 0 Å². The van der Waals surface area contributed by atoms with Crippen LogP contribution in [-0.2, 0) is 4.79 Å². The van der Waals surface area contributed by atoms with E-state index in [1.165, 1.54) is 11.3 Å². The number of primary amides is 1. The largest absolute Gasteiger partial charge is 0.370 e. The average Bonchev–Trinajstić information content (AvgIpc) is 2.52. The number of hydrogen-bond acceptors (Lipinski definition) is 3. The van der Waals surface area contributed by atoms with Crippen LogP contribution in [0.3, 0.4) is 0 Å². The van der Waals surface area contributed by atoms with Crippen LogP contribution in [0.1, 0.15) is 37.3 Å². The van der Waals surface area contributed by atoms with E-state index in [2.05, 4.69) is 0 Å². The second-order valence-electron chi connectivity index (χ2n) is 3.60. The van der Waals surface area contributed by atoms with Crippen LogP contribution in [0.2, 0.25) is 8.67 Å². The van der Waals surface area contributed by atoms with Crippen molar-refractivity contribution < 1.29 is 4.79 Å². The molecule has 1 rings (SSSR count). The van der Waals surface area contributed by atoms with Gasteiger partial charge in [-0.3, -0.25) is 4.79 Å². The summed E-state index contributed by atoms with van der Waals surface area (Å²) in [4.78, 5) is 10.5. The Morgan fingerprint density at radius 3 is 2.62 bits per heavy atom. The third-order valence-corrected chi connectivity index (χ3v) is 3.79. The van der Waals surface area contributed by atoms with Crippen LogP contribution in [0.5, 0.6) is 0 Å². The molecule has 0 saturated carbocycles. The average molecular weight is 281 g/mol. The number of amides is 1. The van der Waals surface area contributed by atoms with Crippen molar-refractivity contribution in [1.29, 1.82) is 0 Å². The summed E-state index contributed by atoms with van der Waals surface area (Å²) in [5, 5.41) is 0. The Kier molecular flexibility index (Phi) is 5.55. The van der Waals surface area contributed by atoms with Gasteiger partial charge in [0.15, 0.2) is 0 Å². The van der Waals surface area contributed by atoms with Gasteiger partial charge >= 0.3 is 0 Å². The van der Waals surface area contributed by atoms with Crippen LogP contribution in [-0.4, -0.2) is 5.91 Å². The summed E-state index contributed by atoms with van der Waals surface area (Å²) in [6.45, 7) is 0. The Labute approximate surface area is 109 Å². The summed E-state index contributed by atoms with van der Waals surface area (Å²) in [5.74, 6) is -0.273. The van der Waals surface area contributed by atoms with Crippen molar-refractivity contribution in [3.63, 3.8) is 0 Å². The molecule has 0 spiro atoms. The third kappa shape index (κ3) is 4.29. The van der Waals surface area contributed by atoms with Gasteiger partial charge in [-0.15, -0.1) is 11.3 Å². The number of rotatable bonds is 6. The molecule has 1 aromatic rings. The lowest BCUT2D eigenvalue weighted by Gasteiger charge is -2.09. The molecule has 0 aliphatic carbocycles. The van der Waals surface area contributed by atoms with E-state index in [9.17, 15) is 4.79 Å². The van der Waals surface area contributed by atoms with E-state index in [1.54, 1.807) is 6.07 Å². The minimum Gasteiger partial charge on any atom is -0.370 e. The molecule has 0 radical (unpaired) electrons. The molecule has 0 saturated heterocycles. The van der Waals surface area contributed by atoms with Gasteiger partial charge < -0.3 is 11.5 Å². The summed E-state index contributed by atoms with van der Waals surface area (Å²) >= 11 is 13.1. The van der Waals surface area contributed by atoms with Gasteiger partial charge in [0.2, 0.25) is 5.91 Å². The second kappa shape index (κ2) is 6.45. The highest BCUT2D eigenvalue weighted by atomic mass is 35.5. The molecule has 0 aliphatic rings. The summed E-state index contributed by atoms with van der Waals surface area (Å²) in [7, 11) is 0. The minimum atomic E-state index is -0.273. The maximum Gasteiger partial charge on any atom is 0.217 e. The standard InChI is InChI=1S/C10H14Cl2N2OS/c11-8-5-6(10(12)16-8)7(13)3-1-2-4-9(14)15/h5,7H,1-4,13H2,(H2,14,15). The lowest BCUT2D eigenvalue weighted by Crippen LogP contribution is -2.12. The number of thiophene rings is 1. The summed E-state index contributed by atoms with van der Waals surface area (Å²) in [6.07, 6.45) is 2.80. The van der Waals surface area contributed by atoms with Gasteiger partial charge in [0.1, 0.15) is 0 Å². The van der Waals surface area contributed by atoms with Gasteiger partial charge in [-0.2, -0.15) is 0 Å². The second-order valence-corrected chi connectivity index (χ2v) is 5.88. The lowest BCUT2D eigenvalue weighted by atomic mass is 10.0. The van der Waals surface area contributed by atoms with Crippen molar-refractivity contribution in [3.05, 3.63) is 20.3 Å². The van der Waals surface area contributed by atoms with Gasteiger partial charge in [-0.1, -0.05) is 29.6 Å². The molecule has 0 aromatic carbocycles. The monoisotopic (exact) mass is 280 g/mol. The topological polar surface area (TPSA) is 69.1 Å². The molecule has 90 valence electrons. The van der Waals surface area contributed by atoms with Crippen LogP contribution in [0.4, 0.5) is 0 Å². The summed E-state index contributed by atoms with van der Waals surface area (Å²) < 4.78 is 1.29. The van der Waals surface area contributed by atoms with E-state index in [0.29, 0.717) is 15.1 Å². The van der Waals surface area contributed by atoms with E-state index in [-0.39, 0.29) is 11.9 Å². The van der Waals surface area contributed by atoms with Gasteiger partial charge in [-0.25, -0.2) is 0 Å². The van der Waals surface area contributed by atoms with Crippen molar-refractivity contribution in [2.45, 2.75) is 31.7 Å². The van der Waals surface area contributed by atoms with Crippen molar-refractivity contribution in [3.8, 4) is 0 Å². The molecular weight excluding hydrogens is 267 g/mol. The predicted octanol–water partition coefficient (Wildman–Crippen LogP) is 3.10. The van der Waals surface area contributed by atoms with Crippen molar-refractivity contribution >= 4 is 40.4 Å². The minimum absolute atomic E-state index is 0.121. The molecular formula is C10H14Cl2N2OS. The molecule has 0 aliphatic heterocycles. The molecule has 1 unspecified atom stereocenters. The molecule has 1 amide bonds. The van der Waals surface area contributed by atoms with E-state index in [1.807, 2.05) is 0 Å². The zero-order valence-corrected chi connectivity index (χ0v) is 11.0. The molecule has 1 atom stereocenters. The first-order valence-corrected chi connectivity index (χ1v) is 6.56. The number of unbranched alkanes of at least 4 members (excludes halogenated alkanes) is 1. The van der Waals surface area contributed by atoms with Gasteiger partial charge in [0.25, 0.3) is 0 Å². The first-order chi connectivity index (χ1) is 7.50. The molecule has 0 fully saturated rings. The highest BCUT2D eigenvalue weighted by Crippen LogP contribution is 2.35. The zero-order valence-electron chi connectivity index (χ0n) is 8.71. The maximum absolute atomic E-state index is 10.5. The molecule has 16 heavy (non-hydrogen) atoms. The smallest absolute Gasteiger partial charge is 0.217 e. The van der Waals surface area contributed by atoms with E-state index < -0.39 is 0 Å².